The van der Waals surface area contributed by atoms with Gasteiger partial charge in [-0.3, -0.25) is 4.79 Å². The Morgan fingerprint density at radius 3 is 2.04 bits per heavy atom. The molecule has 2 rings (SSSR count). The van der Waals surface area contributed by atoms with Crippen molar-refractivity contribution >= 4 is 5.97 Å². The predicted octanol–water partition coefficient (Wildman–Crippen LogP) is 0.631. The van der Waals surface area contributed by atoms with Gasteiger partial charge in [0.15, 0.2) is 12.6 Å². The van der Waals surface area contributed by atoms with Crippen LogP contribution in [0.3, 0.4) is 0 Å². The highest BCUT2D eigenvalue weighted by atomic mass is 16.6. The van der Waals surface area contributed by atoms with E-state index in [9.17, 15) is 25.2 Å². The number of hydrogen-bond acceptors (Lipinski definition) is 8. The van der Waals surface area contributed by atoms with Crippen molar-refractivity contribution in [1.82, 2.24) is 0 Å². The number of esters is 1. The largest absolute Gasteiger partial charge is 0.465 e. The SMILES string of the molecule is C=CC(O)OC1CC(COC(=O)C2CCC(O)C(OC(O)C=C)C2)CCC1O. The molecule has 0 saturated heterocycles. The van der Waals surface area contributed by atoms with Crippen molar-refractivity contribution in [2.45, 2.75) is 75.5 Å². The Balaban J connectivity index is 1.80. The number of hydrogen-bond donors (Lipinski definition) is 4. The van der Waals surface area contributed by atoms with E-state index in [1.54, 1.807) is 0 Å². The summed E-state index contributed by atoms with van der Waals surface area (Å²) in [6, 6.07) is 0. The maximum absolute atomic E-state index is 12.4. The van der Waals surface area contributed by atoms with Crippen molar-refractivity contribution in [3.8, 4) is 0 Å². The van der Waals surface area contributed by atoms with Crippen LogP contribution < -0.4 is 0 Å². The Bertz CT molecular complexity index is 524. The van der Waals surface area contributed by atoms with E-state index in [2.05, 4.69) is 13.2 Å². The van der Waals surface area contributed by atoms with Crippen LogP contribution in [0.2, 0.25) is 0 Å². The van der Waals surface area contributed by atoms with Crippen LogP contribution in [-0.2, 0) is 19.0 Å². The lowest BCUT2D eigenvalue weighted by atomic mass is 9.84. The maximum atomic E-state index is 12.4. The minimum Gasteiger partial charge on any atom is -0.465 e. The van der Waals surface area contributed by atoms with Gasteiger partial charge >= 0.3 is 5.97 Å². The monoisotopic (exact) mass is 400 g/mol. The Morgan fingerprint density at radius 1 is 0.929 bits per heavy atom. The first-order chi connectivity index (χ1) is 13.3. The summed E-state index contributed by atoms with van der Waals surface area (Å²) < 4.78 is 16.1. The zero-order valence-electron chi connectivity index (χ0n) is 16.1. The molecule has 8 unspecified atom stereocenters. The van der Waals surface area contributed by atoms with Crippen molar-refractivity contribution in [3.05, 3.63) is 25.3 Å². The van der Waals surface area contributed by atoms with Gasteiger partial charge in [0.2, 0.25) is 0 Å². The normalized spacial score (nSPS) is 35.6. The van der Waals surface area contributed by atoms with Gasteiger partial charge in [0, 0.05) is 0 Å². The minimum absolute atomic E-state index is 0.0261. The fourth-order valence-corrected chi connectivity index (χ4v) is 3.75. The topological polar surface area (TPSA) is 126 Å². The van der Waals surface area contributed by atoms with Crippen molar-refractivity contribution < 1.29 is 39.4 Å². The predicted molar refractivity (Wildman–Crippen MR) is 99.8 cm³/mol. The van der Waals surface area contributed by atoms with E-state index < -0.39 is 42.9 Å². The number of aliphatic hydroxyl groups is 4. The van der Waals surface area contributed by atoms with E-state index in [4.69, 9.17) is 14.2 Å². The van der Waals surface area contributed by atoms with Gasteiger partial charge in [0.1, 0.15) is 0 Å². The second-order valence-corrected chi connectivity index (χ2v) is 7.56. The van der Waals surface area contributed by atoms with E-state index in [0.717, 1.165) is 0 Å². The molecule has 0 spiro atoms. The number of rotatable bonds is 9. The molecule has 8 nitrogen and oxygen atoms in total. The number of carbonyl (C=O) groups excluding carboxylic acids is 1. The smallest absolute Gasteiger partial charge is 0.309 e. The first-order valence-electron chi connectivity index (χ1n) is 9.79. The lowest BCUT2D eigenvalue weighted by Gasteiger charge is -2.35. The molecule has 0 aromatic rings. The van der Waals surface area contributed by atoms with E-state index in [0.29, 0.717) is 32.1 Å². The van der Waals surface area contributed by atoms with Gasteiger partial charge in [-0.1, -0.05) is 13.2 Å². The fourth-order valence-electron chi connectivity index (χ4n) is 3.75. The Kier molecular flexibility index (Phi) is 9.07. The molecular weight excluding hydrogens is 368 g/mol. The van der Waals surface area contributed by atoms with Gasteiger partial charge in [-0.2, -0.15) is 0 Å². The molecule has 0 aliphatic heterocycles. The molecule has 0 radical (unpaired) electrons. The zero-order valence-corrected chi connectivity index (χ0v) is 16.1. The molecule has 0 aromatic carbocycles. The zero-order chi connectivity index (χ0) is 20.7. The maximum Gasteiger partial charge on any atom is 0.309 e. The number of ether oxygens (including phenoxy) is 3. The van der Waals surface area contributed by atoms with Crippen LogP contribution in [0.25, 0.3) is 0 Å². The van der Waals surface area contributed by atoms with Crippen molar-refractivity contribution in [1.29, 1.82) is 0 Å². The van der Waals surface area contributed by atoms with E-state index >= 15 is 0 Å². The summed E-state index contributed by atoms with van der Waals surface area (Å²) in [6.07, 6.45) is 0.349. The molecule has 0 aromatic heterocycles. The lowest BCUT2D eigenvalue weighted by molar-refractivity contribution is -0.175. The van der Waals surface area contributed by atoms with E-state index in [1.165, 1.54) is 12.2 Å². The van der Waals surface area contributed by atoms with Crippen molar-refractivity contribution in [2.75, 3.05) is 6.61 Å². The molecule has 2 saturated carbocycles. The van der Waals surface area contributed by atoms with Crippen LogP contribution in [0.5, 0.6) is 0 Å². The van der Waals surface area contributed by atoms with Crippen LogP contribution in [0.15, 0.2) is 25.3 Å². The van der Waals surface area contributed by atoms with Crippen molar-refractivity contribution in [2.24, 2.45) is 11.8 Å². The highest BCUT2D eigenvalue weighted by molar-refractivity contribution is 5.72. The molecule has 0 heterocycles. The summed E-state index contributed by atoms with van der Waals surface area (Å²) in [7, 11) is 0. The van der Waals surface area contributed by atoms with Crippen molar-refractivity contribution in [3.63, 3.8) is 0 Å². The average Bonchev–Trinajstić information content (AvgIpc) is 2.69. The Labute approximate surface area is 165 Å². The number of carbonyl (C=O) groups is 1. The van der Waals surface area contributed by atoms with Gasteiger partial charge in [0.25, 0.3) is 0 Å². The molecule has 8 heteroatoms. The summed E-state index contributed by atoms with van der Waals surface area (Å²) >= 11 is 0. The first kappa shape index (κ1) is 23.0. The summed E-state index contributed by atoms with van der Waals surface area (Å²) in [6.45, 7) is 7.07. The molecule has 0 amide bonds. The third-order valence-corrected chi connectivity index (χ3v) is 5.45. The first-order valence-corrected chi connectivity index (χ1v) is 9.79. The van der Waals surface area contributed by atoms with Crippen LogP contribution >= 0.6 is 0 Å². The second-order valence-electron chi connectivity index (χ2n) is 7.56. The van der Waals surface area contributed by atoms with Crippen LogP contribution in [0.4, 0.5) is 0 Å². The molecule has 160 valence electrons. The third-order valence-electron chi connectivity index (χ3n) is 5.45. The average molecular weight is 400 g/mol. The minimum atomic E-state index is -1.19. The number of aliphatic hydroxyl groups excluding tert-OH is 4. The second kappa shape index (κ2) is 11.0. The third kappa shape index (κ3) is 6.65. The molecule has 28 heavy (non-hydrogen) atoms. The van der Waals surface area contributed by atoms with Crippen LogP contribution in [0.1, 0.15) is 38.5 Å². The molecule has 2 aliphatic rings. The van der Waals surface area contributed by atoms with Gasteiger partial charge in [-0.25, -0.2) is 0 Å². The summed E-state index contributed by atoms with van der Waals surface area (Å²) in [5.74, 6) is -0.740. The molecule has 4 N–H and O–H groups in total. The summed E-state index contributed by atoms with van der Waals surface area (Å²) in [5.41, 5.74) is 0. The Hall–Kier alpha value is -1.29. The molecule has 2 fully saturated rings. The highest BCUT2D eigenvalue weighted by Crippen LogP contribution is 2.31. The van der Waals surface area contributed by atoms with Gasteiger partial charge in [-0.15, -0.1) is 0 Å². The Morgan fingerprint density at radius 2 is 1.46 bits per heavy atom. The highest BCUT2D eigenvalue weighted by Gasteiger charge is 2.36. The fraction of sp³-hybridized carbons (Fsp3) is 0.750. The van der Waals surface area contributed by atoms with Gasteiger partial charge in [-0.05, 0) is 56.6 Å². The quantitative estimate of drug-likeness (QED) is 0.252. The molecule has 0 bridgehead atoms. The summed E-state index contributed by atoms with van der Waals surface area (Å²) in [4.78, 5) is 12.4. The van der Waals surface area contributed by atoms with E-state index in [1.807, 2.05) is 0 Å². The lowest BCUT2D eigenvalue weighted by Crippen LogP contribution is -2.41. The molecule has 8 atom stereocenters. The standard InChI is InChI=1S/C20H32O8/c1-3-18(23)27-16-9-12(5-7-14(16)21)11-26-20(25)13-6-8-15(22)17(10-13)28-19(24)4-2/h3-4,12-19,21-24H,1-2,5-11H2. The van der Waals surface area contributed by atoms with Gasteiger partial charge in [0.05, 0.1) is 36.9 Å². The molecule has 2 aliphatic carbocycles. The van der Waals surface area contributed by atoms with Crippen LogP contribution in [-0.4, -0.2) is 70.0 Å². The van der Waals surface area contributed by atoms with Crippen LogP contribution in [0, 0.1) is 11.8 Å². The summed E-state index contributed by atoms with van der Waals surface area (Å²) in [5, 5.41) is 39.1. The van der Waals surface area contributed by atoms with Gasteiger partial charge < -0.3 is 34.6 Å². The molecular formula is C20H32O8. The van der Waals surface area contributed by atoms with E-state index in [-0.39, 0.29) is 24.9 Å².